The van der Waals surface area contributed by atoms with Gasteiger partial charge in [0.25, 0.3) is 5.91 Å². The summed E-state index contributed by atoms with van der Waals surface area (Å²) in [4.78, 5) is 22.1. The van der Waals surface area contributed by atoms with Crippen LogP contribution in [0.25, 0.3) is 0 Å². The fourth-order valence-electron chi connectivity index (χ4n) is 2.34. The van der Waals surface area contributed by atoms with Crippen LogP contribution in [0.4, 0.5) is 15.9 Å². The smallest absolute Gasteiger partial charge is 0.272 e. The standard InChI is InChI=1S/C15H15FN4O/c16-11-4-3-5-12(8-11)19-14-9-13(17-10-18-14)15(21)20-6-1-2-7-20/h3-5,8-10H,1-2,6-7H2,(H,17,18,19). The van der Waals surface area contributed by atoms with Crippen LogP contribution in [-0.4, -0.2) is 33.9 Å². The number of likely N-dealkylation sites (tertiary alicyclic amines) is 1. The maximum Gasteiger partial charge on any atom is 0.272 e. The molecule has 1 aliphatic heterocycles. The molecule has 1 amide bonds. The van der Waals surface area contributed by atoms with E-state index >= 15 is 0 Å². The Morgan fingerprint density at radius 2 is 2.00 bits per heavy atom. The van der Waals surface area contributed by atoms with Crippen LogP contribution in [0, 0.1) is 5.82 Å². The molecule has 2 aromatic rings. The number of halogens is 1. The van der Waals surface area contributed by atoms with Gasteiger partial charge < -0.3 is 10.2 Å². The van der Waals surface area contributed by atoms with Gasteiger partial charge in [-0.05, 0) is 31.0 Å². The molecule has 0 saturated carbocycles. The lowest BCUT2D eigenvalue weighted by molar-refractivity contribution is 0.0787. The molecule has 0 unspecified atom stereocenters. The molecule has 0 bridgehead atoms. The van der Waals surface area contributed by atoms with Gasteiger partial charge in [-0.15, -0.1) is 0 Å². The summed E-state index contributed by atoms with van der Waals surface area (Å²) >= 11 is 0. The number of carbonyl (C=O) groups is 1. The second-order valence-corrected chi connectivity index (χ2v) is 4.92. The van der Waals surface area contributed by atoms with Crippen LogP contribution >= 0.6 is 0 Å². The van der Waals surface area contributed by atoms with Gasteiger partial charge in [-0.1, -0.05) is 6.07 Å². The normalized spacial score (nSPS) is 14.2. The molecule has 3 rings (SSSR count). The number of carbonyl (C=O) groups excluding carboxylic acids is 1. The van der Waals surface area contributed by atoms with Gasteiger partial charge in [0.1, 0.15) is 23.7 Å². The largest absolute Gasteiger partial charge is 0.340 e. The van der Waals surface area contributed by atoms with Gasteiger partial charge in [0, 0.05) is 24.8 Å². The van der Waals surface area contributed by atoms with Gasteiger partial charge in [-0.2, -0.15) is 0 Å². The first-order valence-electron chi connectivity index (χ1n) is 6.86. The summed E-state index contributed by atoms with van der Waals surface area (Å²) in [6.45, 7) is 1.55. The van der Waals surface area contributed by atoms with E-state index in [1.165, 1.54) is 18.5 Å². The number of rotatable bonds is 3. The third kappa shape index (κ3) is 3.16. The predicted octanol–water partition coefficient (Wildman–Crippen LogP) is 2.60. The average molecular weight is 286 g/mol. The third-order valence-electron chi connectivity index (χ3n) is 3.38. The van der Waals surface area contributed by atoms with Gasteiger partial charge in [0.2, 0.25) is 0 Å². The van der Waals surface area contributed by atoms with E-state index in [1.54, 1.807) is 23.1 Å². The zero-order valence-electron chi connectivity index (χ0n) is 11.4. The average Bonchev–Trinajstić information content (AvgIpc) is 3.01. The van der Waals surface area contributed by atoms with Crippen LogP contribution < -0.4 is 5.32 Å². The molecule has 1 aliphatic rings. The van der Waals surface area contributed by atoms with E-state index in [0.29, 0.717) is 17.2 Å². The molecule has 1 saturated heterocycles. The predicted molar refractivity (Wildman–Crippen MR) is 76.9 cm³/mol. The van der Waals surface area contributed by atoms with Crippen molar-refractivity contribution in [3.05, 3.63) is 48.2 Å². The van der Waals surface area contributed by atoms with Crippen molar-refractivity contribution in [3.63, 3.8) is 0 Å². The van der Waals surface area contributed by atoms with Crippen molar-refractivity contribution in [2.45, 2.75) is 12.8 Å². The van der Waals surface area contributed by atoms with Crippen molar-refractivity contribution < 1.29 is 9.18 Å². The minimum atomic E-state index is -0.331. The Bertz CT molecular complexity index is 656. The van der Waals surface area contributed by atoms with Crippen molar-refractivity contribution in [3.8, 4) is 0 Å². The monoisotopic (exact) mass is 286 g/mol. The van der Waals surface area contributed by atoms with Crippen molar-refractivity contribution in [1.82, 2.24) is 14.9 Å². The van der Waals surface area contributed by atoms with Gasteiger partial charge in [0.05, 0.1) is 0 Å². The summed E-state index contributed by atoms with van der Waals surface area (Å²) in [5.74, 6) is 0.0535. The topological polar surface area (TPSA) is 58.1 Å². The molecule has 2 heterocycles. The lowest BCUT2D eigenvalue weighted by Gasteiger charge is -2.14. The van der Waals surface area contributed by atoms with E-state index in [-0.39, 0.29) is 11.7 Å². The van der Waals surface area contributed by atoms with E-state index in [0.717, 1.165) is 25.9 Å². The Labute approximate surface area is 121 Å². The van der Waals surface area contributed by atoms with Crippen molar-refractivity contribution in [2.75, 3.05) is 18.4 Å². The Kier molecular flexibility index (Phi) is 3.77. The van der Waals surface area contributed by atoms with Crippen LogP contribution in [-0.2, 0) is 0 Å². The Morgan fingerprint density at radius 1 is 1.19 bits per heavy atom. The van der Waals surface area contributed by atoms with E-state index in [1.807, 2.05) is 0 Å². The zero-order chi connectivity index (χ0) is 14.7. The molecule has 1 aromatic heterocycles. The Hall–Kier alpha value is -2.50. The molecular weight excluding hydrogens is 271 g/mol. The molecule has 1 aromatic carbocycles. The molecule has 0 spiro atoms. The van der Waals surface area contributed by atoms with Crippen molar-refractivity contribution >= 4 is 17.4 Å². The molecule has 1 N–H and O–H groups in total. The van der Waals surface area contributed by atoms with E-state index < -0.39 is 0 Å². The number of hydrogen-bond acceptors (Lipinski definition) is 4. The van der Waals surface area contributed by atoms with E-state index in [2.05, 4.69) is 15.3 Å². The molecule has 0 radical (unpaired) electrons. The molecule has 21 heavy (non-hydrogen) atoms. The van der Waals surface area contributed by atoms with Crippen molar-refractivity contribution in [1.29, 1.82) is 0 Å². The lowest BCUT2D eigenvalue weighted by atomic mass is 10.3. The molecule has 108 valence electrons. The number of anilines is 2. The number of nitrogens with one attached hydrogen (secondary N) is 1. The van der Waals surface area contributed by atoms with Crippen LogP contribution in [0.3, 0.4) is 0 Å². The van der Waals surface area contributed by atoms with Gasteiger partial charge in [-0.25, -0.2) is 14.4 Å². The quantitative estimate of drug-likeness (QED) is 0.942. The van der Waals surface area contributed by atoms with Crippen molar-refractivity contribution in [2.24, 2.45) is 0 Å². The molecule has 1 fully saturated rings. The molecular formula is C15H15FN4O. The van der Waals surface area contributed by atoms with E-state index in [4.69, 9.17) is 0 Å². The second kappa shape index (κ2) is 5.87. The first kappa shape index (κ1) is 13.5. The van der Waals surface area contributed by atoms with Crippen LogP contribution in [0.15, 0.2) is 36.7 Å². The molecule has 0 atom stereocenters. The summed E-state index contributed by atoms with van der Waals surface area (Å²) in [6, 6.07) is 7.66. The highest BCUT2D eigenvalue weighted by atomic mass is 19.1. The summed E-state index contributed by atoms with van der Waals surface area (Å²) < 4.78 is 13.1. The summed E-state index contributed by atoms with van der Waals surface area (Å²) in [6.07, 6.45) is 3.40. The van der Waals surface area contributed by atoms with Crippen LogP contribution in [0.5, 0.6) is 0 Å². The molecule has 5 nitrogen and oxygen atoms in total. The third-order valence-corrected chi connectivity index (χ3v) is 3.38. The summed E-state index contributed by atoms with van der Waals surface area (Å²) in [7, 11) is 0. The van der Waals surface area contributed by atoms with E-state index in [9.17, 15) is 9.18 Å². The number of hydrogen-bond donors (Lipinski definition) is 1. The second-order valence-electron chi connectivity index (χ2n) is 4.92. The number of amides is 1. The van der Waals surface area contributed by atoms with Gasteiger partial charge in [0.15, 0.2) is 0 Å². The van der Waals surface area contributed by atoms with Crippen LogP contribution in [0.1, 0.15) is 23.3 Å². The fraction of sp³-hybridized carbons (Fsp3) is 0.267. The lowest BCUT2D eigenvalue weighted by Crippen LogP contribution is -2.28. The van der Waals surface area contributed by atoms with Gasteiger partial charge >= 0.3 is 0 Å². The van der Waals surface area contributed by atoms with Gasteiger partial charge in [-0.3, -0.25) is 4.79 Å². The molecule has 0 aliphatic carbocycles. The number of aromatic nitrogens is 2. The summed E-state index contributed by atoms with van der Waals surface area (Å²) in [5.41, 5.74) is 0.930. The summed E-state index contributed by atoms with van der Waals surface area (Å²) in [5, 5.41) is 2.97. The Morgan fingerprint density at radius 3 is 2.76 bits per heavy atom. The highest BCUT2D eigenvalue weighted by Gasteiger charge is 2.20. The minimum Gasteiger partial charge on any atom is -0.340 e. The molecule has 6 heteroatoms. The zero-order valence-corrected chi connectivity index (χ0v) is 11.4. The highest BCUT2D eigenvalue weighted by molar-refractivity contribution is 5.93. The number of nitrogens with zero attached hydrogens (tertiary/aromatic N) is 3. The SMILES string of the molecule is O=C(c1cc(Nc2cccc(F)c2)ncn1)N1CCCC1. The highest BCUT2D eigenvalue weighted by Crippen LogP contribution is 2.17. The Balaban J connectivity index is 1.78. The maximum atomic E-state index is 13.1. The minimum absolute atomic E-state index is 0.0859. The fourth-order valence-corrected chi connectivity index (χ4v) is 2.34. The first-order valence-corrected chi connectivity index (χ1v) is 6.86. The number of benzene rings is 1. The maximum absolute atomic E-state index is 13.1. The first-order chi connectivity index (χ1) is 10.2. The van der Waals surface area contributed by atoms with Crippen LogP contribution in [0.2, 0.25) is 0 Å².